The first-order valence-corrected chi connectivity index (χ1v) is 4.06. The molecule has 0 bridgehead atoms. The molecule has 0 amide bonds. The Hall–Kier alpha value is -0.650. The molecule has 0 aromatic carbocycles. The van der Waals surface area contributed by atoms with E-state index in [4.69, 9.17) is 9.47 Å². The van der Waals surface area contributed by atoms with Gasteiger partial charge < -0.3 is 19.7 Å². The Morgan fingerprint density at radius 2 is 1.62 bits per heavy atom. The molecule has 13 heavy (non-hydrogen) atoms. The van der Waals surface area contributed by atoms with E-state index < -0.39 is 0 Å². The lowest BCUT2D eigenvalue weighted by Gasteiger charge is -2.09. The summed E-state index contributed by atoms with van der Waals surface area (Å²) in [6, 6.07) is 0. The fraction of sp³-hybridized carbons (Fsp3) is 0.875. The summed E-state index contributed by atoms with van der Waals surface area (Å²) in [7, 11) is 0. The van der Waals surface area contributed by atoms with Crippen molar-refractivity contribution >= 4 is 5.97 Å². The normalized spacial score (nSPS) is 14.6. The molecule has 0 radical (unpaired) electrons. The summed E-state index contributed by atoms with van der Waals surface area (Å²) < 4.78 is 14.3. The number of rotatable bonds is 1. The third-order valence-electron chi connectivity index (χ3n) is 1.09. The second-order valence-corrected chi connectivity index (χ2v) is 2.15. The van der Waals surface area contributed by atoms with Crippen LogP contribution >= 0.6 is 0 Å². The summed E-state index contributed by atoms with van der Waals surface area (Å²) in [6.45, 7) is 6.76. The van der Waals surface area contributed by atoms with E-state index in [0.29, 0.717) is 6.61 Å². The second-order valence-electron chi connectivity index (χ2n) is 2.15. The SMILES string of the molecule is C1COCCO1.CCOC(C)=O.O. The fourth-order valence-corrected chi connectivity index (χ4v) is 0.643. The van der Waals surface area contributed by atoms with E-state index in [1.807, 2.05) is 0 Å². The molecule has 1 rings (SSSR count). The van der Waals surface area contributed by atoms with Crippen molar-refractivity contribution in [2.45, 2.75) is 13.8 Å². The highest BCUT2D eigenvalue weighted by Crippen LogP contribution is 1.85. The first-order chi connectivity index (χ1) is 5.77. The minimum absolute atomic E-state index is 0. The van der Waals surface area contributed by atoms with Crippen molar-refractivity contribution < 1.29 is 24.5 Å². The lowest BCUT2D eigenvalue weighted by atomic mass is 10.6. The molecule has 0 aliphatic carbocycles. The van der Waals surface area contributed by atoms with Crippen LogP contribution in [0.5, 0.6) is 0 Å². The van der Waals surface area contributed by atoms with Gasteiger partial charge in [0.2, 0.25) is 0 Å². The van der Waals surface area contributed by atoms with Crippen molar-refractivity contribution in [1.82, 2.24) is 0 Å². The monoisotopic (exact) mass is 194 g/mol. The largest absolute Gasteiger partial charge is 0.466 e. The average molecular weight is 194 g/mol. The Morgan fingerprint density at radius 3 is 1.69 bits per heavy atom. The molecule has 1 aliphatic heterocycles. The molecule has 1 heterocycles. The van der Waals surface area contributed by atoms with Crippen LogP contribution in [0.15, 0.2) is 0 Å². The quantitative estimate of drug-likeness (QED) is 0.541. The minimum atomic E-state index is -0.211. The van der Waals surface area contributed by atoms with E-state index in [1.54, 1.807) is 6.92 Å². The van der Waals surface area contributed by atoms with Crippen LogP contribution in [0.1, 0.15) is 13.8 Å². The van der Waals surface area contributed by atoms with Gasteiger partial charge in [0.05, 0.1) is 33.0 Å². The molecule has 0 saturated carbocycles. The van der Waals surface area contributed by atoms with Crippen molar-refractivity contribution in [3.63, 3.8) is 0 Å². The summed E-state index contributed by atoms with van der Waals surface area (Å²) in [5.74, 6) is -0.211. The van der Waals surface area contributed by atoms with Gasteiger partial charge >= 0.3 is 5.97 Å². The highest BCUT2D eigenvalue weighted by molar-refractivity contribution is 5.65. The number of carbonyl (C=O) groups excluding carboxylic acids is 1. The van der Waals surface area contributed by atoms with Crippen molar-refractivity contribution in [2.24, 2.45) is 0 Å². The Morgan fingerprint density at radius 1 is 1.23 bits per heavy atom. The highest BCUT2D eigenvalue weighted by Gasteiger charge is 1.94. The van der Waals surface area contributed by atoms with Crippen LogP contribution in [0.3, 0.4) is 0 Å². The maximum absolute atomic E-state index is 9.82. The summed E-state index contributed by atoms with van der Waals surface area (Å²) in [5.41, 5.74) is 0. The van der Waals surface area contributed by atoms with E-state index in [-0.39, 0.29) is 11.4 Å². The lowest BCUT2D eigenvalue weighted by Crippen LogP contribution is -2.16. The van der Waals surface area contributed by atoms with Gasteiger partial charge in [0.1, 0.15) is 0 Å². The zero-order valence-corrected chi connectivity index (χ0v) is 8.17. The predicted octanol–water partition coefficient (Wildman–Crippen LogP) is -0.222. The molecule has 2 N–H and O–H groups in total. The van der Waals surface area contributed by atoms with E-state index in [2.05, 4.69) is 4.74 Å². The average Bonchev–Trinajstić information content (AvgIpc) is 2.08. The van der Waals surface area contributed by atoms with E-state index in [0.717, 1.165) is 26.4 Å². The molecular formula is C8H18O5. The van der Waals surface area contributed by atoms with Crippen molar-refractivity contribution in [3.8, 4) is 0 Å². The number of hydrogen-bond donors (Lipinski definition) is 0. The molecule has 0 unspecified atom stereocenters. The van der Waals surface area contributed by atoms with Gasteiger partial charge in [0, 0.05) is 6.92 Å². The van der Waals surface area contributed by atoms with Gasteiger partial charge in [0.25, 0.3) is 0 Å². The van der Waals surface area contributed by atoms with Crippen molar-refractivity contribution in [2.75, 3.05) is 33.0 Å². The maximum atomic E-state index is 9.82. The Bertz CT molecular complexity index is 99.6. The number of carbonyl (C=O) groups is 1. The van der Waals surface area contributed by atoms with E-state index in [1.165, 1.54) is 6.92 Å². The Labute approximate surface area is 78.3 Å². The number of ether oxygens (including phenoxy) is 3. The molecule has 0 aromatic heterocycles. The predicted molar refractivity (Wildman–Crippen MR) is 47.6 cm³/mol. The van der Waals surface area contributed by atoms with Gasteiger partial charge in [0.15, 0.2) is 0 Å². The van der Waals surface area contributed by atoms with Crippen molar-refractivity contribution in [3.05, 3.63) is 0 Å². The van der Waals surface area contributed by atoms with Crippen molar-refractivity contribution in [1.29, 1.82) is 0 Å². The van der Waals surface area contributed by atoms with Crippen LogP contribution < -0.4 is 0 Å². The molecule has 5 heteroatoms. The van der Waals surface area contributed by atoms with Gasteiger partial charge in [-0.2, -0.15) is 0 Å². The smallest absolute Gasteiger partial charge is 0.302 e. The summed E-state index contributed by atoms with van der Waals surface area (Å²) in [5, 5.41) is 0. The molecule has 1 fully saturated rings. The van der Waals surface area contributed by atoms with Crippen LogP contribution in [0.25, 0.3) is 0 Å². The van der Waals surface area contributed by atoms with Crippen LogP contribution in [0, 0.1) is 0 Å². The zero-order chi connectivity index (χ0) is 9.23. The number of hydrogen-bond acceptors (Lipinski definition) is 4. The molecule has 0 spiro atoms. The highest BCUT2D eigenvalue weighted by atomic mass is 16.6. The summed E-state index contributed by atoms with van der Waals surface area (Å²) in [6.07, 6.45) is 0. The lowest BCUT2D eigenvalue weighted by molar-refractivity contribution is -0.140. The minimum Gasteiger partial charge on any atom is -0.466 e. The molecule has 80 valence electrons. The van der Waals surface area contributed by atoms with Crippen LogP contribution in [-0.4, -0.2) is 44.5 Å². The van der Waals surface area contributed by atoms with Crippen LogP contribution in [0.2, 0.25) is 0 Å². The van der Waals surface area contributed by atoms with Crippen LogP contribution in [-0.2, 0) is 19.0 Å². The van der Waals surface area contributed by atoms with Gasteiger partial charge in [-0.05, 0) is 6.92 Å². The van der Waals surface area contributed by atoms with Gasteiger partial charge in [-0.3, -0.25) is 4.79 Å². The van der Waals surface area contributed by atoms with Gasteiger partial charge in [-0.1, -0.05) is 0 Å². The van der Waals surface area contributed by atoms with Gasteiger partial charge in [-0.15, -0.1) is 0 Å². The van der Waals surface area contributed by atoms with Crippen LogP contribution in [0.4, 0.5) is 0 Å². The first-order valence-electron chi connectivity index (χ1n) is 4.06. The Balaban J connectivity index is 0. The second kappa shape index (κ2) is 11.4. The zero-order valence-electron chi connectivity index (χ0n) is 8.17. The molecule has 0 atom stereocenters. The summed E-state index contributed by atoms with van der Waals surface area (Å²) >= 11 is 0. The molecule has 1 saturated heterocycles. The molecular weight excluding hydrogens is 176 g/mol. The van der Waals surface area contributed by atoms with Gasteiger partial charge in [-0.25, -0.2) is 0 Å². The molecule has 1 aliphatic rings. The van der Waals surface area contributed by atoms with E-state index in [9.17, 15) is 4.79 Å². The third-order valence-corrected chi connectivity index (χ3v) is 1.09. The maximum Gasteiger partial charge on any atom is 0.302 e. The third kappa shape index (κ3) is 14.2. The summed E-state index contributed by atoms with van der Waals surface area (Å²) in [4.78, 5) is 9.82. The number of esters is 1. The first kappa shape index (κ1) is 14.9. The fourth-order valence-electron chi connectivity index (χ4n) is 0.643. The molecule has 5 nitrogen and oxygen atoms in total. The standard InChI is InChI=1S/2C4H8O2.H2O/c1-2-6-4-3-5-1;1-3-6-4(2)5;/h1-4H2;3H2,1-2H3;1H2. The Kier molecular flexibility index (Phi) is 13.0. The van der Waals surface area contributed by atoms with E-state index >= 15 is 0 Å². The topological polar surface area (TPSA) is 76.3 Å². The molecule has 0 aromatic rings.